The summed E-state index contributed by atoms with van der Waals surface area (Å²) < 4.78 is -0.187. The Morgan fingerprint density at radius 1 is 0.458 bits per heavy atom. The van der Waals surface area contributed by atoms with Crippen LogP contribution in [0.25, 0.3) is 0 Å². The van der Waals surface area contributed by atoms with Gasteiger partial charge in [0, 0.05) is 0 Å². The van der Waals surface area contributed by atoms with Crippen molar-refractivity contribution >= 4 is 34.6 Å². The molecule has 48 heavy (non-hydrogen) atoms. The van der Waals surface area contributed by atoms with Crippen molar-refractivity contribution in [1.29, 1.82) is 0 Å². The number of benzene rings is 2. The monoisotopic (exact) mass is 787 g/mol. The van der Waals surface area contributed by atoms with Gasteiger partial charge in [-0.25, -0.2) is 0 Å². The number of hydrogen-bond donors (Lipinski definition) is 0. The molecule has 2 aromatic rings. The molecule has 0 radical (unpaired) electrons. The van der Waals surface area contributed by atoms with Crippen molar-refractivity contribution in [1.82, 2.24) is 0 Å². The molecule has 1 heterocycles. The van der Waals surface area contributed by atoms with Gasteiger partial charge in [-0.2, -0.15) is 0 Å². The normalized spacial score (nSPS) is 14.3. The van der Waals surface area contributed by atoms with E-state index in [9.17, 15) is 0 Å². The van der Waals surface area contributed by atoms with Crippen molar-refractivity contribution in [3.8, 4) is 0 Å². The van der Waals surface area contributed by atoms with Crippen molar-refractivity contribution in [3.05, 3.63) is 69.0 Å². The predicted molar refractivity (Wildman–Crippen MR) is 211 cm³/mol. The second-order valence-electron chi connectivity index (χ2n) is 14.3. The van der Waals surface area contributed by atoms with Gasteiger partial charge in [0.05, 0.1) is 0 Å². The summed E-state index contributed by atoms with van der Waals surface area (Å²) in [4.78, 5) is 4.77. The van der Waals surface area contributed by atoms with Crippen LogP contribution in [0.4, 0.5) is 11.4 Å². The van der Waals surface area contributed by atoms with E-state index in [4.69, 9.17) is 23.2 Å². The number of rotatable bonds is 22. The van der Waals surface area contributed by atoms with Gasteiger partial charge in [-0.1, -0.05) is 0 Å². The Kier molecular flexibility index (Phi) is 18.5. The molecule has 0 spiro atoms. The SMILES string of the molecule is CCCC(CCC)c1cccc(C(CCC)CCC)c1N1C(Cl)=C(Cl)N(c2c(C(CCC)CCC)cccc2C(CCC)CCC)[CH]1[Pd]. The maximum atomic E-state index is 7.58. The number of nitrogens with zero attached hydrogens (tertiary/aromatic N) is 2. The Morgan fingerprint density at radius 2 is 0.667 bits per heavy atom. The standard InChI is InChI=1S/C43H67Cl2N2.Pd/c1-9-19-32(20-10-2)36-27-17-28-37(33(21-11-3)22-12-4)40(36)46-31-47(43(45)42(46)44)41-38(34(23-13-5)24-14-6)29-18-30-39(41)35(25-15-7)26-16-8;/h17-18,27-35H,9-16,19-26H2,1-8H3;. The Bertz CT molecular complexity index is 1090. The predicted octanol–water partition coefficient (Wildman–Crippen LogP) is 15.2. The molecule has 0 bridgehead atoms. The molecule has 0 fully saturated rings. The van der Waals surface area contributed by atoms with Crippen molar-refractivity contribution < 1.29 is 19.2 Å². The van der Waals surface area contributed by atoms with Crippen LogP contribution in [-0.4, -0.2) is 4.64 Å². The van der Waals surface area contributed by atoms with Crippen LogP contribution in [0, 0.1) is 0 Å². The minimum atomic E-state index is -0.187. The molecule has 0 atom stereocenters. The van der Waals surface area contributed by atoms with Crippen molar-refractivity contribution in [2.45, 2.75) is 186 Å². The van der Waals surface area contributed by atoms with E-state index < -0.39 is 0 Å². The molecule has 0 aliphatic carbocycles. The second kappa shape index (κ2) is 21.4. The summed E-state index contributed by atoms with van der Waals surface area (Å²) in [6.07, 6.45) is 18.8. The van der Waals surface area contributed by atoms with E-state index in [0.717, 1.165) is 0 Å². The third-order valence-electron chi connectivity index (χ3n) is 10.5. The molecule has 3 rings (SSSR count). The van der Waals surface area contributed by atoms with Gasteiger partial charge >= 0.3 is 319 Å². The molecule has 0 saturated heterocycles. The first-order valence-electron chi connectivity index (χ1n) is 19.8. The number of hydrogen-bond acceptors (Lipinski definition) is 2. The van der Waals surface area contributed by atoms with Crippen molar-refractivity contribution in [2.75, 3.05) is 9.80 Å². The van der Waals surface area contributed by atoms with Gasteiger partial charge in [0.2, 0.25) is 0 Å². The average Bonchev–Trinajstić information content (AvgIpc) is 3.29. The van der Waals surface area contributed by atoms with Crippen LogP contribution < -0.4 is 9.80 Å². The number of para-hydroxylation sites is 2. The Balaban J connectivity index is 2.38. The minimum absolute atomic E-state index is 0.187. The molecule has 5 heteroatoms. The molecule has 0 N–H and O–H groups in total. The van der Waals surface area contributed by atoms with Crippen molar-refractivity contribution in [3.63, 3.8) is 0 Å². The zero-order valence-electron chi connectivity index (χ0n) is 31.6. The Labute approximate surface area is 317 Å². The summed E-state index contributed by atoms with van der Waals surface area (Å²) in [5, 5.41) is 1.29. The number of halogens is 2. The summed E-state index contributed by atoms with van der Waals surface area (Å²) in [5.74, 6) is 1.95. The zero-order valence-corrected chi connectivity index (χ0v) is 34.7. The summed E-state index contributed by atoms with van der Waals surface area (Å²) in [7, 11) is 0. The fraction of sp³-hybridized carbons (Fsp3) is 0.674. The third kappa shape index (κ3) is 9.66. The van der Waals surface area contributed by atoms with E-state index in [2.05, 4.69) is 121 Å². The van der Waals surface area contributed by atoms with Crippen LogP contribution in [0.1, 0.15) is 204 Å². The molecule has 0 unspecified atom stereocenters. The third-order valence-corrected chi connectivity index (χ3v) is 12.1. The fourth-order valence-electron chi connectivity index (χ4n) is 8.52. The quantitative estimate of drug-likeness (QED) is 0.0866. The molecule has 1 aliphatic rings. The van der Waals surface area contributed by atoms with E-state index >= 15 is 0 Å². The maximum absolute atomic E-state index is 7.58. The molecular formula is C43H67Cl2N2Pd. The van der Waals surface area contributed by atoms with Crippen LogP contribution >= 0.6 is 23.2 Å². The zero-order chi connectivity index (χ0) is 35.2. The summed E-state index contributed by atoms with van der Waals surface area (Å²) in [6.45, 7) is 18.6. The number of anilines is 2. The molecule has 2 nitrogen and oxygen atoms in total. The fourth-order valence-corrected chi connectivity index (χ4v) is 10.1. The van der Waals surface area contributed by atoms with Crippen LogP contribution in [0.15, 0.2) is 46.7 Å². The van der Waals surface area contributed by atoms with Gasteiger partial charge in [-0.15, -0.1) is 0 Å². The summed E-state index contributed by atoms with van der Waals surface area (Å²) >= 11 is 19.1. The van der Waals surface area contributed by atoms with E-state index in [1.807, 2.05) is 0 Å². The molecule has 0 aromatic heterocycles. The van der Waals surface area contributed by atoms with Gasteiger partial charge in [0.1, 0.15) is 0 Å². The van der Waals surface area contributed by atoms with E-state index in [1.165, 1.54) is 136 Å². The molecule has 1 aliphatic heterocycles. The summed E-state index contributed by atoms with van der Waals surface area (Å²) in [6, 6.07) is 14.2. The van der Waals surface area contributed by atoms with Crippen LogP contribution in [-0.2, 0) is 19.2 Å². The molecular weight excluding hydrogens is 722 g/mol. The van der Waals surface area contributed by atoms with E-state index in [1.54, 1.807) is 0 Å². The second-order valence-corrected chi connectivity index (χ2v) is 15.8. The average molecular weight is 789 g/mol. The van der Waals surface area contributed by atoms with Gasteiger partial charge in [-0.05, 0) is 0 Å². The first kappa shape index (κ1) is 41.4. The molecule has 273 valence electrons. The Morgan fingerprint density at radius 3 is 0.854 bits per heavy atom. The van der Waals surface area contributed by atoms with Gasteiger partial charge in [0.15, 0.2) is 0 Å². The van der Waals surface area contributed by atoms with E-state index in [0.29, 0.717) is 34.0 Å². The van der Waals surface area contributed by atoms with Crippen LogP contribution in [0.2, 0.25) is 0 Å². The van der Waals surface area contributed by atoms with Gasteiger partial charge < -0.3 is 0 Å². The molecule has 2 aromatic carbocycles. The first-order chi connectivity index (χ1) is 23.3. The van der Waals surface area contributed by atoms with E-state index in [-0.39, 0.29) is 4.64 Å². The molecule has 0 saturated carbocycles. The molecule has 0 amide bonds. The van der Waals surface area contributed by atoms with Crippen LogP contribution in [0.5, 0.6) is 0 Å². The van der Waals surface area contributed by atoms with Crippen molar-refractivity contribution in [2.24, 2.45) is 0 Å². The Hall–Kier alpha value is -0.978. The van der Waals surface area contributed by atoms with Gasteiger partial charge in [-0.3, -0.25) is 0 Å². The first-order valence-corrected chi connectivity index (χ1v) is 21.4. The topological polar surface area (TPSA) is 6.48 Å². The van der Waals surface area contributed by atoms with Crippen LogP contribution in [0.3, 0.4) is 0 Å². The van der Waals surface area contributed by atoms with Gasteiger partial charge in [0.25, 0.3) is 0 Å². The summed E-state index contributed by atoms with van der Waals surface area (Å²) in [5.41, 5.74) is 8.35.